The lowest BCUT2D eigenvalue weighted by atomic mass is 9.81. The van der Waals surface area contributed by atoms with E-state index in [-0.39, 0.29) is 30.5 Å². The molecule has 2 aliphatic rings. The van der Waals surface area contributed by atoms with Crippen LogP contribution in [0.5, 0.6) is 0 Å². The Hall–Kier alpha value is -2.33. The molecule has 0 unspecified atom stereocenters. The Labute approximate surface area is 155 Å². The largest absolute Gasteiger partial charge is 0.394 e. The molecule has 4 heteroatoms. The number of hydrogen-bond donors (Lipinski definition) is 1. The number of fused-ring (bicyclic) bond motifs is 3. The molecule has 2 heterocycles. The zero-order valence-corrected chi connectivity index (χ0v) is 15.4. The number of carbonyl (C=O) groups excluding carboxylic acids is 1. The molecule has 0 aromatic heterocycles. The quantitative estimate of drug-likeness (QED) is 0.922. The van der Waals surface area contributed by atoms with Gasteiger partial charge in [0.05, 0.1) is 18.7 Å². The van der Waals surface area contributed by atoms with Gasteiger partial charge < -0.3 is 14.9 Å². The zero-order chi connectivity index (χ0) is 18.3. The van der Waals surface area contributed by atoms with Crippen molar-refractivity contribution in [1.82, 2.24) is 4.90 Å². The minimum absolute atomic E-state index is 0.0599. The number of rotatable bonds is 3. The van der Waals surface area contributed by atoms with Crippen LogP contribution in [0, 0.1) is 5.92 Å². The van der Waals surface area contributed by atoms with Gasteiger partial charge in [-0.15, -0.1) is 0 Å². The third-order valence-corrected chi connectivity index (χ3v) is 6.08. The lowest BCUT2D eigenvalue weighted by Gasteiger charge is -2.44. The molecule has 26 heavy (non-hydrogen) atoms. The van der Waals surface area contributed by atoms with Crippen molar-refractivity contribution in [3.8, 4) is 11.1 Å². The Kier molecular flexibility index (Phi) is 4.45. The second-order valence-corrected chi connectivity index (χ2v) is 7.34. The summed E-state index contributed by atoms with van der Waals surface area (Å²) in [7, 11) is 2.06. The van der Waals surface area contributed by atoms with Crippen molar-refractivity contribution in [3.05, 3.63) is 54.1 Å². The molecule has 1 amide bonds. The van der Waals surface area contributed by atoms with Gasteiger partial charge in [-0.25, -0.2) is 0 Å². The van der Waals surface area contributed by atoms with Gasteiger partial charge in [-0.1, -0.05) is 43.3 Å². The molecule has 3 atom stereocenters. The number of amides is 1. The number of carbonyl (C=O) groups is 1. The van der Waals surface area contributed by atoms with E-state index in [2.05, 4.69) is 42.3 Å². The molecule has 4 rings (SSSR count). The fourth-order valence-corrected chi connectivity index (χ4v) is 4.75. The summed E-state index contributed by atoms with van der Waals surface area (Å²) in [6, 6.07) is 17.0. The number of likely N-dealkylation sites (N-methyl/N-ethyl adjacent to an activating group) is 1. The Morgan fingerprint density at radius 3 is 2.62 bits per heavy atom. The normalized spacial score (nSPS) is 24.3. The number of likely N-dealkylation sites (tertiary alicyclic amines) is 1. The predicted molar refractivity (Wildman–Crippen MR) is 104 cm³/mol. The lowest BCUT2D eigenvalue weighted by Crippen LogP contribution is -2.48. The summed E-state index contributed by atoms with van der Waals surface area (Å²) >= 11 is 0. The molecule has 1 fully saturated rings. The highest BCUT2D eigenvalue weighted by molar-refractivity contribution is 5.78. The van der Waals surface area contributed by atoms with E-state index in [0.29, 0.717) is 6.42 Å². The third-order valence-electron chi connectivity index (χ3n) is 6.08. The van der Waals surface area contributed by atoms with Crippen LogP contribution in [0.25, 0.3) is 11.1 Å². The molecule has 2 aromatic carbocycles. The number of nitrogens with zero attached hydrogens (tertiary/aromatic N) is 2. The Morgan fingerprint density at radius 1 is 1.15 bits per heavy atom. The van der Waals surface area contributed by atoms with Crippen LogP contribution in [-0.4, -0.2) is 42.2 Å². The third kappa shape index (κ3) is 2.60. The first-order valence-electron chi connectivity index (χ1n) is 9.48. The maximum Gasteiger partial charge on any atom is 0.222 e. The molecule has 0 spiro atoms. The smallest absolute Gasteiger partial charge is 0.222 e. The van der Waals surface area contributed by atoms with E-state index in [4.69, 9.17) is 0 Å². The summed E-state index contributed by atoms with van der Waals surface area (Å²) < 4.78 is 0. The highest BCUT2D eigenvalue weighted by Gasteiger charge is 2.47. The SMILES string of the molecule is CCC(=O)N1CC[C@@H]2[C@H]1c1cc(-c3ccccc3)ccc1N(C)[C@@H]2CO. The summed E-state index contributed by atoms with van der Waals surface area (Å²) in [5.74, 6) is 0.480. The first kappa shape index (κ1) is 17.1. The molecule has 2 aliphatic heterocycles. The molecular formula is C22H26N2O2. The van der Waals surface area contributed by atoms with Gasteiger partial charge >= 0.3 is 0 Å². The second kappa shape index (κ2) is 6.76. The summed E-state index contributed by atoms with van der Waals surface area (Å²) in [6.45, 7) is 2.82. The molecule has 136 valence electrons. The van der Waals surface area contributed by atoms with Crippen molar-refractivity contribution >= 4 is 11.6 Å². The molecule has 4 nitrogen and oxygen atoms in total. The van der Waals surface area contributed by atoms with Crippen LogP contribution in [0.1, 0.15) is 31.4 Å². The molecule has 0 aliphatic carbocycles. The maximum atomic E-state index is 12.6. The topological polar surface area (TPSA) is 43.8 Å². The molecule has 0 saturated carbocycles. The highest BCUT2D eigenvalue weighted by atomic mass is 16.3. The van der Waals surface area contributed by atoms with Crippen molar-refractivity contribution in [2.24, 2.45) is 5.92 Å². The molecule has 1 saturated heterocycles. The van der Waals surface area contributed by atoms with Gasteiger partial charge in [-0.05, 0) is 35.2 Å². The monoisotopic (exact) mass is 350 g/mol. The van der Waals surface area contributed by atoms with Gasteiger partial charge in [0.2, 0.25) is 5.91 Å². The Balaban J connectivity index is 1.84. The summed E-state index contributed by atoms with van der Waals surface area (Å²) in [6.07, 6.45) is 1.47. The van der Waals surface area contributed by atoms with Gasteiger partial charge in [0.25, 0.3) is 0 Å². The highest BCUT2D eigenvalue weighted by Crippen LogP contribution is 2.49. The second-order valence-electron chi connectivity index (χ2n) is 7.34. The number of benzene rings is 2. The van der Waals surface area contributed by atoms with Crippen LogP contribution >= 0.6 is 0 Å². The molecule has 2 aromatic rings. The zero-order valence-electron chi connectivity index (χ0n) is 15.4. The van der Waals surface area contributed by atoms with E-state index in [9.17, 15) is 9.90 Å². The molecule has 0 bridgehead atoms. The van der Waals surface area contributed by atoms with Crippen LogP contribution < -0.4 is 4.90 Å². The summed E-state index contributed by atoms with van der Waals surface area (Å²) in [5, 5.41) is 10.0. The van der Waals surface area contributed by atoms with Gasteiger partial charge in [0.15, 0.2) is 0 Å². The fraction of sp³-hybridized carbons (Fsp3) is 0.409. The average molecular weight is 350 g/mol. The minimum Gasteiger partial charge on any atom is -0.394 e. The molecular weight excluding hydrogens is 324 g/mol. The molecule has 0 radical (unpaired) electrons. The van der Waals surface area contributed by atoms with Crippen LogP contribution in [0.4, 0.5) is 5.69 Å². The van der Waals surface area contributed by atoms with Crippen LogP contribution in [-0.2, 0) is 4.79 Å². The average Bonchev–Trinajstić information content (AvgIpc) is 3.13. The first-order chi connectivity index (χ1) is 12.7. The van der Waals surface area contributed by atoms with Crippen molar-refractivity contribution in [3.63, 3.8) is 0 Å². The van der Waals surface area contributed by atoms with Crippen molar-refractivity contribution in [2.45, 2.75) is 31.8 Å². The predicted octanol–water partition coefficient (Wildman–Crippen LogP) is 3.46. The number of hydrogen-bond acceptors (Lipinski definition) is 3. The van der Waals surface area contributed by atoms with Gasteiger partial charge in [0.1, 0.15) is 0 Å². The van der Waals surface area contributed by atoms with E-state index in [1.807, 2.05) is 30.0 Å². The van der Waals surface area contributed by atoms with Crippen molar-refractivity contribution in [1.29, 1.82) is 0 Å². The summed E-state index contributed by atoms with van der Waals surface area (Å²) in [4.78, 5) is 16.8. The minimum atomic E-state index is 0.0599. The van der Waals surface area contributed by atoms with E-state index in [1.165, 1.54) is 16.7 Å². The van der Waals surface area contributed by atoms with Crippen LogP contribution in [0.3, 0.4) is 0 Å². The lowest BCUT2D eigenvalue weighted by molar-refractivity contribution is -0.132. The fourth-order valence-electron chi connectivity index (χ4n) is 4.75. The Bertz CT molecular complexity index is 805. The standard InChI is InChI=1S/C22H26N2O2/c1-3-21(26)24-12-11-17-20(14-25)23(2)19-10-9-16(13-18(19)22(17)24)15-7-5-4-6-8-15/h4-10,13,17,20,22,25H,3,11-12,14H2,1-2H3/t17-,20+,22-/m0/s1. The number of anilines is 1. The first-order valence-corrected chi connectivity index (χ1v) is 9.48. The number of aliphatic hydroxyl groups is 1. The van der Waals surface area contributed by atoms with Crippen molar-refractivity contribution < 1.29 is 9.90 Å². The van der Waals surface area contributed by atoms with E-state index in [0.717, 1.165) is 18.7 Å². The van der Waals surface area contributed by atoms with Gasteiger partial charge in [-0.2, -0.15) is 0 Å². The van der Waals surface area contributed by atoms with Crippen molar-refractivity contribution in [2.75, 3.05) is 25.1 Å². The van der Waals surface area contributed by atoms with E-state index >= 15 is 0 Å². The van der Waals surface area contributed by atoms with E-state index in [1.54, 1.807) is 0 Å². The number of aliphatic hydroxyl groups excluding tert-OH is 1. The maximum absolute atomic E-state index is 12.6. The van der Waals surface area contributed by atoms with Gasteiger partial charge in [0, 0.05) is 31.6 Å². The van der Waals surface area contributed by atoms with Crippen LogP contribution in [0.15, 0.2) is 48.5 Å². The van der Waals surface area contributed by atoms with Crippen LogP contribution in [0.2, 0.25) is 0 Å². The van der Waals surface area contributed by atoms with E-state index < -0.39 is 0 Å². The molecule has 1 N–H and O–H groups in total. The summed E-state index contributed by atoms with van der Waals surface area (Å²) in [5.41, 5.74) is 4.70. The Morgan fingerprint density at radius 2 is 1.92 bits per heavy atom. The van der Waals surface area contributed by atoms with Gasteiger partial charge in [-0.3, -0.25) is 4.79 Å².